The average molecular weight is 509 g/mol. The van der Waals surface area contributed by atoms with E-state index in [1.807, 2.05) is 59.1 Å². The summed E-state index contributed by atoms with van der Waals surface area (Å²) >= 11 is 0. The molecular weight excluding hydrogens is 476 g/mol. The molecule has 0 aliphatic carbocycles. The number of imidazole rings is 1. The highest BCUT2D eigenvalue weighted by molar-refractivity contribution is 5.64. The van der Waals surface area contributed by atoms with Crippen LogP contribution in [0.3, 0.4) is 0 Å². The molecule has 0 radical (unpaired) electrons. The fraction of sp³-hybridized carbons (Fsp3) is 0.310. The molecule has 1 fully saturated rings. The summed E-state index contributed by atoms with van der Waals surface area (Å²) in [6.07, 6.45) is 12.9. The van der Waals surface area contributed by atoms with Crippen molar-refractivity contribution < 1.29 is 4.74 Å². The molecule has 1 saturated heterocycles. The second-order valence-corrected chi connectivity index (χ2v) is 9.73. The summed E-state index contributed by atoms with van der Waals surface area (Å²) in [7, 11) is 1.92. The minimum Gasteiger partial charge on any atom is -0.493 e. The Morgan fingerprint density at radius 1 is 0.947 bits per heavy atom. The first-order chi connectivity index (χ1) is 18.7. The van der Waals surface area contributed by atoms with E-state index in [9.17, 15) is 0 Å². The Kier molecular flexibility index (Phi) is 6.99. The number of aryl methyl sites for hydroxylation is 1. The maximum atomic E-state index is 5.98. The van der Waals surface area contributed by atoms with Gasteiger partial charge < -0.3 is 15.0 Å². The fourth-order valence-electron chi connectivity index (χ4n) is 4.65. The second kappa shape index (κ2) is 11.0. The van der Waals surface area contributed by atoms with Crippen molar-refractivity contribution in [3.05, 3.63) is 79.1 Å². The van der Waals surface area contributed by atoms with Crippen LogP contribution in [0.5, 0.6) is 5.75 Å². The number of aromatic nitrogens is 6. The molecule has 5 heterocycles. The Morgan fingerprint density at radius 3 is 2.63 bits per heavy atom. The van der Waals surface area contributed by atoms with Gasteiger partial charge in [0.25, 0.3) is 0 Å². The Hall–Kier alpha value is -4.24. The molecule has 1 N–H and O–H groups in total. The molecule has 6 rings (SSSR count). The smallest absolute Gasteiger partial charge is 0.140 e. The summed E-state index contributed by atoms with van der Waals surface area (Å²) in [6.45, 7) is 5.08. The lowest BCUT2D eigenvalue weighted by atomic mass is 10.1. The van der Waals surface area contributed by atoms with Gasteiger partial charge in [-0.3, -0.25) is 9.08 Å². The van der Waals surface area contributed by atoms with Crippen molar-refractivity contribution in [2.24, 2.45) is 7.05 Å². The Bertz CT molecular complexity index is 1500. The van der Waals surface area contributed by atoms with Gasteiger partial charge in [0.1, 0.15) is 23.5 Å². The minimum atomic E-state index is 0.662. The van der Waals surface area contributed by atoms with E-state index in [1.165, 1.54) is 38.0 Å². The molecule has 9 nitrogen and oxygen atoms in total. The van der Waals surface area contributed by atoms with E-state index in [0.717, 1.165) is 52.8 Å². The van der Waals surface area contributed by atoms with Crippen molar-refractivity contribution in [3.8, 4) is 28.3 Å². The number of nitrogens with one attached hydrogen (secondary N) is 1. The second-order valence-electron chi connectivity index (χ2n) is 9.73. The first-order valence-corrected chi connectivity index (χ1v) is 13.2. The van der Waals surface area contributed by atoms with E-state index in [-0.39, 0.29) is 0 Å². The summed E-state index contributed by atoms with van der Waals surface area (Å²) in [5.41, 5.74) is 5.97. The molecule has 9 heteroatoms. The van der Waals surface area contributed by atoms with E-state index in [1.54, 1.807) is 6.33 Å². The average Bonchev–Trinajstić information content (AvgIpc) is 3.55. The number of nitrogens with zero attached hydrogens (tertiary/aromatic N) is 7. The first kappa shape index (κ1) is 24.1. The van der Waals surface area contributed by atoms with Crippen molar-refractivity contribution in [1.82, 2.24) is 34.0 Å². The van der Waals surface area contributed by atoms with Gasteiger partial charge in [-0.2, -0.15) is 5.10 Å². The highest BCUT2D eigenvalue weighted by atomic mass is 16.5. The predicted octanol–water partition coefficient (Wildman–Crippen LogP) is 4.67. The number of ether oxygens (including phenoxy) is 1. The predicted molar refractivity (Wildman–Crippen MR) is 148 cm³/mol. The van der Waals surface area contributed by atoms with Crippen LogP contribution < -0.4 is 10.1 Å². The van der Waals surface area contributed by atoms with Gasteiger partial charge >= 0.3 is 0 Å². The lowest BCUT2D eigenvalue weighted by molar-refractivity contribution is 0.173. The van der Waals surface area contributed by atoms with Crippen LogP contribution in [-0.2, 0) is 13.6 Å². The normalized spacial score (nSPS) is 13.5. The maximum Gasteiger partial charge on any atom is 0.140 e. The highest BCUT2D eigenvalue weighted by Crippen LogP contribution is 2.24. The standard InChI is InChI=1S/C29H32N8O/c1-35-20-24(18-34-35)23-7-5-22(6-8-23)17-30-28-16-26(32-21-33-28)27-19-31-29-15-25(9-13-37(27)29)38-14-3-2-10-36-11-4-12-36/h5-9,13,15-16,18-21H,2-4,10-12,14,17H2,1H3,(H,30,32,33). The van der Waals surface area contributed by atoms with Crippen LogP contribution in [-0.4, -0.2) is 60.3 Å². The summed E-state index contributed by atoms with van der Waals surface area (Å²) in [5.74, 6) is 1.61. The van der Waals surface area contributed by atoms with Gasteiger partial charge in [-0.15, -0.1) is 0 Å². The van der Waals surface area contributed by atoms with Gasteiger partial charge in [0.2, 0.25) is 0 Å². The molecule has 1 aromatic carbocycles. The Morgan fingerprint density at radius 2 is 1.84 bits per heavy atom. The van der Waals surface area contributed by atoms with Crippen LogP contribution in [0, 0.1) is 0 Å². The monoisotopic (exact) mass is 508 g/mol. The highest BCUT2D eigenvalue weighted by Gasteiger charge is 2.13. The van der Waals surface area contributed by atoms with Crippen molar-refractivity contribution >= 4 is 11.5 Å². The summed E-state index contributed by atoms with van der Waals surface area (Å²) < 4.78 is 9.82. The van der Waals surface area contributed by atoms with Crippen LogP contribution in [0.1, 0.15) is 24.8 Å². The molecular formula is C29H32N8O. The van der Waals surface area contributed by atoms with Crippen LogP contribution >= 0.6 is 0 Å². The number of benzene rings is 1. The minimum absolute atomic E-state index is 0.662. The van der Waals surface area contributed by atoms with Gasteiger partial charge in [0.05, 0.1) is 30.4 Å². The molecule has 0 saturated carbocycles. The number of likely N-dealkylation sites (tertiary alicyclic amines) is 1. The summed E-state index contributed by atoms with van der Waals surface area (Å²) in [4.78, 5) is 16.0. The number of pyridine rings is 1. The molecule has 194 valence electrons. The zero-order valence-electron chi connectivity index (χ0n) is 21.6. The van der Waals surface area contributed by atoms with Crippen molar-refractivity contribution in [2.45, 2.75) is 25.8 Å². The van der Waals surface area contributed by atoms with E-state index >= 15 is 0 Å². The third-order valence-corrected chi connectivity index (χ3v) is 6.97. The number of fused-ring (bicyclic) bond motifs is 1. The Balaban J connectivity index is 1.06. The molecule has 0 unspecified atom stereocenters. The zero-order chi connectivity index (χ0) is 25.7. The largest absolute Gasteiger partial charge is 0.493 e. The number of rotatable bonds is 11. The Labute approximate surface area is 222 Å². The molecule has 1 aliphatic rings. The maximum absolute atomic E-state index is 5.98. The van der Waals surface area contributed by atoms with Crippen LogP contribution in [0.25, 0.3) is 28.2 Å². The van der Waals surface area contributed by atoms with Crippen molar-refractivity contribution in [1.29, 1.82) is 0 Å². The molecule has 0 atom stereocenters. The quantitative estimate of drug-likeness (QED) is 0.260. The molecule has 0 amide bonds. The molecule has 5 aromatic rings. The van der Waals surface area contributed by atoms with E-state index in [4.69, 9.17) is 4.74 Å². The van der Waals surface area contributed by atoms with Gasteiger partial charge in [0, 0.05) is 43.7 Å². The van der Waals surface area contributed by atoms with Crippen LogP contribution in [0.4, 0.5) is 5.82 Å². The number of unbranched alkanes of at least 4 members (excludes halogenated alkanes) is 1. The van der Waals surface area contributed by atoms with Gasteiger partial charge in [-0.25, -0.2) is 15.0 Å². The lowest BCUT2D eigenvalue weighted by Gasteiger charge is -2.30. The van der Waals surface area contributed by atoms with Crippen LogP contribution in [0.15, 0.2) is 73.6 Å². The van der Waals surface area contributed by atoms with Gasteiger partial charge in [0.15, 0.2) is 0 Å². The summed E-state index contributed by atoms with van der Waals surface area (Å²) in [6, 6.07) is 14.4. The molecule has 1 aliphatic heterocycles. The SMILES string of the molecule is Cn1cc(-c2ccc(CNc3cc(-c4cnc5cc(OCCCCN6CCC6)ccn45)ncn3)cc2)cn1. The third kappa shape index (κ3) is 5.52. The van der Waals surface area contributed by atoms with E-state index in [2.05, 4.69) is 54.5 Å². The molecule has 0 spiro atoms. The van der Waals surface area contributed by atoms with Crippen molar-refractivity contribution in [3.63, 3.8) is 0 Å². The summed E-state index contributed by atoms with van der Waals surface area (Å²) in [5, 5.41) is 7.66. The molecule has 0 bridgehead atoms. The third-order valence-electron chi connectivity index (χ3n) is 6.97. The van der Waals surface area contributed by atoms with Crippen molar-refractivity contribution in [2.75, 3.05) is 31.6 Å². The van der Waals surface area contributed by atoms with Gasteiger partial charge in [-0.05, 0) is 56.1 Å². The number of anilines is 1. The lowest BCUT2D eigenvalue weighted by Crippen LogP contribution is -2.37. The van der Waals surface area contributed by atoms with E-state index in [0.29, 0.717) is 6.54 Å². The van der Waals surface area contributed by atoms with Crippen LogP contribution in [0.2, 0.25) is 0 Å². The fourth-order valence-corrected chi connectivity index (χ4v) is 4.65. The first-order valence-electron chi connectivity index (χ1n) is 13.2. The van der Waals surface area contributed by atoms with Gasteiger partial charge in [-0.1, -0.05) is 24.3 Å². The number of hydrogen-bond acceptors (Lipinski definition) is 7. The van der Waals surface area contributed by atoms with E-state index < -0.39 is 0 Å². The molecule has 4 aromatic heterocycles. The zero-order valence-corrected chi connectivity index (χ0v) is 21.6. The molecule has 38 heavy (non-hydrogen) atoms. The topological polar surface area (TPSA) is 85.4 Å². The number of hydrogen-bond donors (Lipinski definition) is 1.